The summed E-state index contributed by atoms with van der Waals surface area (Å²) in [4.78, 5) is 4.23. The minimum Gasteiger partial charge on any atom is -0.383 e. The number of anilines is 1. The minimum atomic E-state index is 0.290. The molecule has 0 spiro atoms. The number of ether oxygens (including phenoxy) is 1. The van der Waals surface area contributed by atoms with Crippen molar-refractivity contribution in [3.63, 3.8) is 0 Å². The SMILES string of the molecule is COCC(C)Nc1ncccc1C. The monoisotopic (exact) mass is 180 g/mol. The molecule has 0 amide bonds. The molecule has 1 unspecified atom stereocenters. The number of nitrogens with one attached hydrogen (secondary N) is 1. The zero-order valence-electron chi connectivity index (χ0n) is 8.37. The number of aryl methyl sites for hydroxylation is 1. The third-order valence-electron chi connectivity index (χ3n) is 1.81. The van der Waals surface area contributed by atoms with E-state index in [9.17, 15) is 0 Å². The normalized spacial score (nSPS) is 12.5. The zero-order valence-corrected chi connectivity index (χ0v) is 8.37. The van der Waals surface area contributed by atoms with Gasteiger partial charge < -0.3 is 10.1 Å². The summed E-state index contributed by atoms with van der Waals surface area (Å²) in [5, 5.41) is 3.27. The maximum absolute atomic E-state index is 5.03. The first-order chi connectivity index (χ1) is 6.24. The molecule has 0 aliphatic carbocycles. The molecule has 1 N–H and O–H groups in total. The molecule has 0 aliphatic rings. The Labute approximate surface area is 79.1 Å². The van der Waals surface area contributed by atoms with Crippen LogP contribution in [-0.4, -0.2) is 24.7 Å². The van der Waals surface area contributed by atoms with Crippen LogP contribution in [0.4, 0.5) is 5.82 Å². The number of hydrogen-bond donors (Lipinski definition) is 1. The molecule has 13 heavy (non-hydrogen) atoms. The quantitative estimate of drug-likeness (QED) is 0.767. The molecule has 3 heteroatoms. The second kappa shape index (κ2) is 4.82. The van der Waals surface area contributed by atoms with Gasteiger partial charge in [0.2, 0.25) is 0 Å². The lowest BCUT2D eigenvalue weighted by molar-refractivity contribution is 0.190. The van der Waals surface area contributed by atoms with Gasteiger partial charge in [0, 0.05) is 19.3 Å². The molecule has 1 heterocycles. The van der Waals surface area contributed by atoms with Gasteiger partial charge in [-0.25, -0.2) is 4.98 Å². The molecule has 0 saturated heterocycles. The van der Waals surface area contributed by atoms with Gasteiger partial charge >= 0.3 is 0 Å². The molecule has 0 saturated carbocycles. The van der Waals surface area contributed by atoms with Crippen LogP contribution >= 0.6 is 0 Å². The molecule has 1 atom stereocenters. The van der Waals surface area contributed by atoms with E-state index < -0.39 is 0 Å². The number of nitrogens with zero attached hydrogens (tertiary/aromatic N) is 1. The van der Waals surface area contributed by atoms with Gasteiger partial charge in [-0.2, -0.15) is 0 Å². The van der Waals surface area contributed by atoms with Crippen molar-refractivity contribution in [1.29, 1.82) is 0 Å². The van der Waals surface area contributed by atoms with E-state index >= 15 is 0 Å². The first kappa shape index (κ1) is 9.99. The number of aromatic nitrogens is 1. The lowest BCUT2D eigenvalue weighted by Gasteiger charge is -2.14. The predicted octanol–water partition coefficient (Wildman–Crippen LogP) is 1.84. The van der Waals surface area contributed by atoms with Crippen LogP contribution in [0.1, 0.15) is 12.5 Å². The van der Waals surface area contributed by atoms with E-state index in [1.807, 2.05) is 19.1 Å². The Morgan fingerprint density at radius 3 is 3.00 bits per heavy atom. The van der Waals surface area contributed by atoms with Gasteiger partial charge in [0.05, 0.1) is 6.61 Å². The second-order valence-corrected chi connectivity index (χ2v) is 3.17. The molecule has 72 valence electrons. The van der Waals surface area contributed by atoms with E-state index in [0.717, 1.165) is 11.4 Å². The molecule has 0 bridgehead atoms. The highest BCUT2D eigenvalue weighted by atomic mass is 16.5. The third kappa shape index (κ3) is 3.03. The van der Waals surface area contributed by atoms with Gasteiger partial charge in [-0.3, -0.25) is 0 Å². The highest BCUT2D eigenvalue weighted by Crippen LogP contribution is 2.10. The average molecular weight is 180 g/mol. The fourth-order valence-corrected chi connectivity index (χ4v) is 1.16. The van der Waals surface area contributed by atoms with Crippen LogP contribution in [0.5, 0.6) is 0 Å². The van der Waals surface area contributed by atoms with Crippen LogP contribution in [0.15, 0.2) is 18.3 Å². The van der Waals surface area contributed by atoms with Crippen molar-refractivity contribution in [2.75, 3.05) is 19.0 Å². The van der Waals surface area contributed by atoms with Crippen molar-refractivity contribution in [2.24, 2.45) is 0 Å². The number of pyridine rings is 1. The summed E-state index contributed by atoms with van der Waals surface area (Å²) in [7, 11) is 1.70. The summed E-state index contributed by atoms with van der Waals surface area (Å²) < 4.78 is 5.03. The standard InChI is InChI=1S/C10H16N2O/c1-8-5-4-6-11-10(8)12-9(2)7-13-3/h4-6,9H,7H2,1-3H3,(H,11,12). The van der Waals surface area contributed by atoms with E-state index in [4.69, 9.17) is 4.74 Å². The Kier molecular flexibility index (Phi) is 3.71. The zero-order chi connectivity index (χ0) is 9.68. The van der Waals surface area contributed by atoms with E-state index in [1.54, 1.807) is 13.3 Å². The number of rotatable bonds is 4. The summed E-state index contributed by atoms with van der Waals surface area (Å²) in [6, 6.07) is 4.26. The van der Waals surface area contributed by atoms with Crippen molar-refractivity contribution in [3.05, 3.63) is 23.9 Å². The Bertz CT molecular complexity index is 263. The molecule has 1 aromatic rings. The third-order valence-corrected chi connectivity index (χ3v) is 1.81. The summed E-state index contributed by atoms with van der Waals surface area (Å²) >= 11 is 0. The Balaban J connectivity index is 2.58. The van der Waals surface area contributed by atoms with Crippen molar-refractivity contribution in [1.82, 2.24) is 4.98 Å². The maximum Gasteiger partial charge on any atom is 0.129 e. The molecule has 3 nitrogen and oxygen atoms in total. The fourth-order valence-electron chi connectivity index (χ4n) is 1.16. The van der Waals surface area contributed by atoms with Crippen LogP contribution in [0, 0.1) is 6.92 Å². The van der Waals surface area contributed by atoms with Crippen molar-refractivity contribution in [3.8, 4) is 0 Å². The van der Waals surface area contributed by atoms with Gasteiger partial charge in [0.15, 0.2) is 0 Å². The smallest absolute Gasteiger partial charge is 0.129 e. The topological polar surface area (TPSA) is 34.1 Å². The van der Waals surface area contributed by atoms with Crippen LogP contribution in [0.3, 0.4) is 0 Å². The molecule has 0 aliphatic heterocycles. The van der Waals surface area contributed by atoms with E-state index in [-0.39, 0.29) is 0 Å². The maximum atomic E-state index is 5.03. The predicted molar refractivity (Wildman–Crippen MR) is 53.9 cm³/mol. The largest absolute Gasteiger partial charge is 0.383 e. The van der Waals surface area contributed by atoms with Gasteiger partial charge in [0.25, 0.3) is 0 Å². The highest BCUT2D eigenvalue weighted by Gasteiger charge is 2.03. The van der Waals surface area contributed by atoms with Gasteiger partial charge in [-0.1, -0.05) is 6.07 Å². The number of hydrogen-bond acceptors (Lipinski definition) is 3. The van der Waals surface area contributed by atoms with Crippen molar-refractivity contribution < 1.29 is 4.74 Å². The molecule has 0 aromatic carbocycles. The van der Waals surface area contributed by atoms with Crippen molar-refractivity contribution >= 4 is 5.82 Å². The van der Waals surface area contributed by atoms with Gasteiger partial charge in [0.1, 0.15) is 5.82 Å². The Morgan fingerprint density at radius 2 is 2.38 bits per heavy atom. The van der Waals surface area contributed by atoms with Crippen LogP contribution in [0.2, 0.25) is 0 Å². The lowest BCUT2D eigenvalue weighted by atomic mass is 10.2. The number of methoxy groups -OCH3 is 1. The Hall–Kier alpha value is -1.09. The van der Waals surface area contributed by atoms with E-state index in [1.165, 1.54) is 0 Å². The van der Waals surface area contributed by atoms with Crippen LogP contribution < -0.4 is 5.32 Å². The highest BCUT2D eigenvalue weighted by molar-refractivity contribution is 5.43. The summed E-state index contributed by atoms with van der Waals surface area (Å²) in [5.74, 6) is 0.937. The molecule has 0 radical (unpaired) electrons. The summed E-state index contributed by atoms with van der Waals surface area (Å²) in [6.07, 6.45) is 1.79. The Morgan fingerprint density at radius 1 is 1.62 bits per heavy atom. The molecule has 1 aromatic heterocycles. The summed E-state index contributed by atoms with van der Waals surface area (Å²) in [6.45, 7) is 4.79. The van der Waals surface area contributed by atoms with Crippen LogP contribution in [-0.2, 0) is 4.74 Å². The van der Waals surface area contributed by atoms with Gasteiger partial charge in [-0.05, 0) is 25.5 Å². The molecule has 1 rings (SSSR count). The summed E-state index contributed by atoms with van der Waals surface area (Å²) in [5.41, 5.74) is 1.16. The minimum absolute atomic E-state index is 0.290. The van der Waals surface area contributed by atoms with E-state index in [0.29, 0.717) is 12.6 Å². The van der Waals surface area contributed by atoms with Gasteiger partial charge in [-0.15, -0.1) is 0 Å². The molecular weight excluding hydrogens is 164 g/mol. The lowest BCUT2D eigenvalue weighted by Crippen LogP contribution is -2.21. The van der Waals surface area contributed by atoms with E-state index in [2.05, 4.69) is 17.2 Å². The first-order valence-corrected chi connectivity index (χ1v) is 4.41. The first-order valence-electron chi connectivity index (χ1n) is 4.41. The average Bonchev–Trinajstić information content (AvgIpc) is 2.09. The second-order valence-electron chi connectivity index (χ2n) is 3.17. The fraction of sp³-hybridized carbons (Fsp3) is 0.500. The molecular formula is C10H16N2O. The molecule has 0 fully saturated rings. The van der Waals surface area contributed by atoms with Crippen molar-refractivity contribution in [2.45, 2.75) is 19.9 Å². The van der Waals surface area contributed by atoms with Crippen LogP contribution in [0.25, 0.3) is 0 Å².